The van der Waals surface area contributed by atoms with E-state index in [1.165, 1.54) is 19.4 Å². The molecule has 3 aliphatic heterocycles. The Balaban J connectivity index is 2.28. The van der Waals surface area contributed by atoms with Crippen molar-refractivity contribution in [3.8, 4) is 0 Å². The number of piperidine rings is 2. The first-order valence-corrected chi connectivity index (χ1v) is 7.70. The molecule has 3 atom stereocenters. The Bertz CT molecular complexity index is 316. The van der Waals surface area contributed by atoms with Gasteiger partial charge in [0.15, 0.2) is 0 Å². The Hall–Kier alpha value is -0.120. The van der Waals surface area contributed by atoms with Gasteiger partial charge < -0.3 is 4.74 Å². The predicted octanol–water partition coefficient (Wildman–Crippen LogP) is 2.75. The molecule has 3 saturated heterocycles. The van der Waals surface area contributed by atoms with Crippen LogP contribution in [-0.4, -0.2) is 59.3 Å². The second kappa shape index (κ2) is 5.01. The minimum atomic E-state index is 0.233. The topological polar surface area (TPSA) is 15.7 Å². The van der Waals surface area contributed by atoms with Crippen molar-refractivity contribution >= 4 is 0 Å². The molecule has 0 amide bonds. The Labute approximate surface area is 119 Å². The molecule has 3 heteroatoms. The fourth-order valence-corrected chi connectivity index (χ4v) is 4.23. The van der Waals surface area contributed by atoms with Crippen LogP contribution in [0.1, 0.15) is 54.4 Å². The molecule has 3 unspecified atom stereocenters. The number of fused-ring (bicyclic) bond motifs is 3. The molecule has 3 fully saturated rings. The van der Waals surface area contributed by atoms with Crippen LogP contribution < -0.4 is 0 Å². The molecular weight excluding hydrogens is 236 g/mol. The summed E-state index contributed by atoms with van der Waals surface area (Å²) in [5, 5.41) is 0. The minimum absolute atomic E-state index is 0.233. The molecule has 0 aromatic heterocycles. The Morgan fingerprint density at radius 2 is 1.63 bits per heavy atom. The van der Waals surface area contributed by atoms with Crippen LogP contribution in [-0.2, 0) is 4.74 Å². The van der Waals surface area contributed by atoms with E-state index in [9.17, 15) is 0 Å². The number of piperazine rings is 1. The Morgan fingerprint density at radius 1 is 1.00 bits per heavy atom. The van der Waals surface area contributed by atoms with E-state index < -0.39 is 0 Å². The third-order valence-electron chi connectivity index (χ3n) is 4.77. The normalized spacial score (nSPS) is 33.9. The van der Waals surface area contributed by atoms with Crippen molar-refractivity contribution in [2.24, 2.45) is 0 Å². The predicted molar refractivity (Wildman–Crippen MR) is 80.5 cm³/mol. The van der Waals surface area contributed by atoms with Gasteiger partial charge in [0.25, 0.3) is 0 Å². The molecule has 3 rings (SSSR count). The third-order valence-corrected chi connectivity index (χ3v) is 4.77. The van der Waals surface area contributed by atoms with Crippen molar-refractivity contribution in [1.82, 2.24) is 9.80 Å². The highest BCUT2D eigenvalue weighted by atomic mass is 16.5. The average Bonchev–Trinajstić information content (AvgIpc) is 2.27. The lowest BCUT2D eigenvalue weighted by Gasteiger charge is -2.63. The highest BCUT2D eigenvalue weighted by Gasteiger charge is 2.51. The fraction of sp³-hybridized carbons (Fsp3) is 1.00. The van der Waals surface area contributed by atoms with Gasteiger partial charge >= 0.3 is 0 Å². The number of rotatable bonds is 2. The van der Waals surface area contributed by atoms with Gasteiger partial charge in [-0.05, 0) is 54.4 Å². The molecule has 3 heterocycles. The number of hydrogen-bond donors (Lipinski definition) is 0. The van der Waals surface area contributed by atoms with Gasteiger partial charge in [-0.3, -0.25) is 9.80 Å². The molecule has 2 bridgehead atoms. The molecule has 112 valence electrons. The van der Waals surface area contributed by atoms with Crippen LogP contribution in [0.15, 0.2) is 0 Å². The van der Waals surface area contributed by atoms with E-state index in [0.29, 0.717) is 18.1 Å². The van der Waals surface area contributed by atoms with E-state index in [-0.39, 0.29) is 11.1 Å². The summed E-state index contributed by atoms with van der Waals surface area (Å²) in [6.07, 6.45) is 2.66. The molecule has 19 heavy (non-hydrogen) atoms. The summed E-state index contributed by atoms with van der Waals surface area (Å²) >= 11 is 0. The van der Waals surface area contributed by atoms with Gasteiger partial charge in [0.2, 0.25) is 0 Å². The molecule has 0 aromatic rings. The second-order valence-electron chi connectivity index (χ2n) is 8.22. The standard InChI is InChI=1S/C16H32N2O/c1-15(2,3)17-10-12-8-9-13(17)14(11-19-7)18(12)16(4,5)6/h12-14H,8-11H2,1-7H3. The summed E-state index contributed by atoms with van der Waals surface area (Å²) in [5.41, 5.74) is 0.496. The molecule has 3 nitrogen and oxygen atoms in total. The molecule has 0 radical (unpaired) electrons. The summed E-state index contributed by atoms with van der Waals surface area (Å²) in [7, 11) is 1.84. The highest BCUT2D eigenvalue weighted by Crippen LogP contribution is 2.41. The molecule has 0 N–H and O–H groups in total. The van der Waals surface area contributed by atoms with Gasteiger partial charge in [-0.25, -0.2) is 0 Å². The molecule has 0 spiro atoms. The lowest BCUT2D eigenvalue weighted by Crippen LogP contribution is -2.74. The van der Waals surface area contributed by atoms with Crippen LogP contribution in [0.2, 0.25) is 0 Å². The van der Waals surface area contributed by atoms with Crippen LogP contribution in [0.25, 0.3) is 0 Å². The minimum Gasteiger partial charge on any atom is -0.383 e. The lowest BCUT2D eigenvalue weighted by molar-refractivity contribution is -0.147. The maximum absolute atomic E-state index is 5.55. The first-order chi connectivity index (χ1) is 8.66. The first kappa shape index (κ1) is 15.3. The summed E-state index contributed by atoms with van der Waals surface area (Å²) in [5.74, 6) is 0. The maximum atomic E-state index is 5.55. The van der Waals surface area contributed by atoms with Crippen molar-refractivity contribution in [2.75, 3.05) is 20.3 Å². The monoisotopic (exact) mass is 268 g/mol. The van der Waals surface area contributed by atoms with Crippen LogP contribution in [0.3, 0.4) is 0 Å². The zero-order valence-electron chi connectivity index (χ0n) is 13.9. The van der Waals surface area contributed by atoms with E-state index in [0.717, 1.165) is 6.61 Å². The van der Waals surface area contributed by atoms with Crippen molar-refractivity contribution in [1.29, 1.82) is 0 Å². The quantitative estimate of drug-likeness (QED) is 0.766. The summed E-state index contributed by atoms with van der Waals surface area (Å²) in [6.45, 7) is 16.1. The number of nitrogens with zero attached hydrogens (tertiary/aromatic N) is 2. The van der Waals surface area contributed by atoms with Gasteiger partial charge in [0.05, 0.1) is 6.61 Å². The molecule has 0 saturated carbocycles. The van der Waals surface area contributed by atoms with Crippen molar-refractivity contribution < 1.29 is 4.74 Å². The van der Waals surface area contributed by atoms with Gasteiger partial charge in [-0.2, -0.15) is 0 Å². The van der Waals surface area contributed by atoms with Crippen LogP contribution >= 0.6 is 0 Å². The number of methoxy groups -OCH3 is 1. The van der Waals surface area contributed by atoms with Crippen molar-refractivity contribution in [3.63, 3.8) is 0 Å². The molecular formula is C16H32N2O. The van der Waals surface area contributed by atoms with E-state index in [4.69, 9.17) is 4.74 Å². The van der Waals surface area contributed by atoms with E-state index in [2.05, 4.69) is 51.3 Å². The van der Waals surface area contributed by atoms with Crippen molar-refractivity contribution in [3.05, 3.63) is 0 Å². The van der Waals surface area contributed by atoms with E-state index in [1.807, 2.05) is 7.11 Å². The summed E-state index contributed by atoms with van der Waals surface area (Å²) < 4.78 is 5.55. The largest absolute Gasteiger partial charge is 0.383 e. The number of ether oxygens (including phenoxy) is 1. The van der Waals surface area contributed by atoms with E-state index >= 15 is 0 Å². The lowest BCUT2D eigenvalue weighted by atomic mass is 9.79. The molecule has 3 aliphatic rings. The molecule has 0 aliphatic carbocycles. The van der Waals surface area contributed by atoms with E-state index in [1.54, 1.807) is 0 Å². The zero-order chi connectivity index (χ0) is 14.4. The fourth-order valence-electron chi connectivity index (χ4n) is 4.23. The van der Waals surface area contributed by atoms with Gasteiger partial charge in [0, 0.05) is 42.9 Å². The highest BCUT2D eigenvalue weighted by molar-refractivity contribution is 5.07. The van der Waals surface area contributed by atoms with Gasteiger partial charge in [-0.15, -0.1) is 0 Å². The van der Waals surface area contributed by atoms with Gasteiger partial charge in [-0.1, -0.05) is 0 Å². The third kappa shape index (κ3) is 2.84. The summed E-state index contributed by atoms with van der Waals surface area (Å²) in [6, 6.07) is 1.87. The maximum Gasteiger partial charge on any atom is 0.0633 e. The average molecular weight is 268 g/mol. The number of hydrogen-bond acceptors (Lipinski definition) is 3. The SMILES string of the molecule is COCC1C2CCC(CN2C(C)(C)C)N1C(C)(C)C. The second-order valence-corrected chi connectivity index (χ2v) is 8.22. The van der Waals surface area contributed by atoms with Crippen molar-refractivity contribution in [2.45, 2.75) is 83.6 Å². The Kier molecular flexibility index (Phi) is 4.03. The Morgan fingerprint density at radius 3 is 2.11 bits per heavy atom. The zero-order valence-corrected chi connectivity index (χ0v) is 13.9. The summed E-state index contributed by atoms with van der Waals surface area (Å²) in [4.78, 5) is 5.44. The van der Waals surface area contributed by atoms with Crippen LogP contribution in [0.5, 0.6) is 0 Å². The molecule has 0 aromatic carbocycles. The van der Waals surface area contributed by atoms with Crippen LogP contribution in [0, 0.1) is 0 Å². The first-order valence-electron chi connectivity index (χ1n) is 7.70. The smallest absolute Gasteiger partial charge is 0.0633 e. The van der Waals surface area contributed by atoms with Gasteiger partial charge in [0.1, 0.15) is 0 Å². The van der Waals surface area contributed by atoms with Crippen LogP contribution in [0.4, 0.5) is 0 Å².